The molecule has 1 aromatic heterocycles. The normalized spacial score (nSPS) is 11.2. The monoisotopic (exact) mass is 361 g/mol. The summed E-state index contributed by atoms with van der Waals surface area (Å²) in [7, 11) is 0.338. The highest BCUT2D eigenvalue weighted by molar-refractivity contribution is 7.91. The smallest absolute Gasteiger partial charge is 0.252 e. The molecule has 0 fully saturated rings. The number of nitrogens with one attached hydrogen (secondary N) is 1. The molecular weight excluding hydrogens is 338 g/mol. The lowest BCUT2D eigenvalue weighted by Gasteiger charge is -2.12. The molecule has 0 radical (unpaired) electrons. The second-order valence-corrected chi connectivity index (χ2v) is 7.99. The number of hydrogen-bond donors (Lipinski definition) is 1. The van der Waals surface area contributed by atoms with Crippen LogP contribution in [0.25, 0.3) is 0 Å². The van der Waals surface area contributed by atoms with E-state index in [-0.39, 0.29) is 22.8 Å². The Morgan fingerprint density at radius 2 is 1.88 bits per heavy atom. The fourth-order valence-electron chi connectivity index (χ4n) is 2.37. The van der Waals surface area contributed by atoms with Gasteiger partial charge in [0.15, 0.2) is 9.84 Å². The van der Waals surface area contributed by atoms with Crippen LogP contribution in [0.2, 0.25) is 0 Å². The van der Waals surface area contributed by atoms with Crippen molar-refractivity contribution < 1.29 is 13.2 Å². The molecule has 0 unspecified atom stereocenters. The molecule has 0 saturated heterocycles. The van der Waals surface area contributed by atoms with Crippen molar-refractivity contribution in [1.82, 2.24) is 10.3 Å². The van der Waals surface area contributed by atoms with Crippen LogP contribution in [-0.4, -0.2) is 39.2 Å². The van der Waals surface area contributed by atoms with E-state index in [9.17, 15) is 13.2 Å². The predicted molar refractivity (Wildman–Crippen MR) is 98.5 cm³/mol. The third-order valence-electron chi connectivity index (χ3n) is 3.66. The van der Waals surface area contributed by atoms with E-state index in [4.69, 9.17) is 0 Å². The third-order valence-corrected chi connectivity index (χ3v) is 5.63. The molecule has 1 N–H and O–H groups in total. The number of amides is 1. The number of sulfone groups is 1. The van der Waals surface area contributed by atoms with E-state index in [1.54, 1.807) is 25.3 Å². The van der Waals surface area contributed by atoms with Gasteiger partial charge in [0.05, 0.1) is 16.2 Å². The number of hydrogen-bond acceptors (Lipinski definition) is 5. The highest BCUT2D eigenvalue weighted by Crippen LogP contribution is 2.18. The Kier molecular flexibility index (Phi) is 6.14. The van der Waals surface area contributed by atoms with E-state index in [1.165, 1.54) is 12.1 Å². The van der Waals surface area contributed by atoms with Crippen molar-refractivity contribution in [3.8, 4) is 0 Å². The third kappa shape index (κ3) is 4.79. The summed E-state index contributed by atoms with van der Waals surface area (Å²) in [6.45, 7) is 2.08. The fourth-order valence-corrected chi connectivity index (χ4v) is 3.91. The largest absolute Gasteiger partial charge is 0.363 e. The second kappa shape index (κ2) is 8.11. The Bertz CT molecular complexity index is 831. The number of anilines is 1. The molecule has 0 spiro atoms. The summed E-state index contributed by atoms with van der Waals surface area (Å²) >= 11 is 0. The molecule has 0 atom stereocenters. The zero-order valence-corrected chi connectivity index (χ0v) is 15.5. The molecule has 2 aromatic rings. The molecule has 2 rings (SSSR count). The van der Waals surface area contributed by atoms with Crippen LogP contribution in [0.3, 0.4) is 0 Å². The molecule has 0 aliphatic carbocycles. The molecule has 134 valence electrons. The van der Waals surface area contributed by atoms with Gasteiger partial charge in [-0.25, -0.2) is 13.4 Å². The number of rotatable bonds is 7. The Morgan fingerprint density at radius 3 is 2.48 bits per heavy atom. The minimum Gasteiger partial charge on any atom is -0.363 e. The molecule has 7 heteroatoms. The van der Waals surface area contributed by atoms with E-state index in [1.807, 2.05) is 31.1 Å². The van der Waals surface area contributed by atoms with Gasteiger partial charge in [-0.15, -0.1) is 0 Å². The number of aromatic nitrogens is 1. The summed E-state index contributed by atoms with van der Waals surface area (Å²) < 4.78 is 24.7. The first-order chi connectivity index (χ1) is 11.8. The van der Waals surface area contributed by atoms with Gasteiger partial charge in [0.2, 0.25) is 0 Å². The molecule has 1 heterocycles. The van der Waals surface area contributed by atoms with Crippen LogP contribution in [0.15, 0.2) is 47.5 Å². The van der Waals surface area contributed by atoms with Crippen molar-refractivity contribution in [3.63, 3.8) is 0 Å². The summed E-state index contributed by atoms with van der Waals surface area (Å²) in [5.74, 6) is 0.436. The van der Waals surface area contributed by atoms with Gasteiger partial charge < -0.3 is 10.2 Å². The van der Waals surface area contributed by atoms with Gasteiger partial charge in [0.25, 0.3) is 5.91 Å². The minimum atomic E-state index is -3.46. The zero-order chi connectivity index (χ0) is 18.4. The zero-order valence-electron chi connectivity index (χ0n) is 14.7. The molecule has 1 amide bonds. The maximum Gasteiger partial charge on any atom is 0.252 e. The Labute approximate surface area is 148 Å². The average Bonchev–Trinajstić information content (AvgIpc) is 2.60. The first kappa shape index (κ1) is 18.9. The summed E-state index contributed by atoms with van der Waals surface area (Å²) in [4.78, 5) is 18.7. The van der Waals surface area contributed by atoms with Gasteiger partial charge in [-0.1, -0.05) is 25.1 Å². The molecule has 0 bridgehead atoms. The Balaban J connectivity index is 2.14. The lowest BCUT2D eigenvalue weighted by Crippen LogP contribution is -2.25. The predicted octanol–water partition coefficient (Wildman–Crippen LogP) is 2.26. The first-order valence-corrected chi connectivity index (χ1v) is 9.72. The summed E-state index contributed by atoms with van der Waals surface area (Å²) in [6, 6.07) is 10.0. The summed E-state index contributed by atoms with van der Waals surface area (Å²) in [5, 5.41) is 2.76. The van der Waals surface area contributed by atoms with Gasteiger partial charge in [0.1, 0.15) is 5.82 Å². The lowest BCUT2D eigenvalue weighted by molar-refractivity contribution is 0.0947. The van der Waals surface area contributed by atoms with Crippen molar-refractivity contribution in [1.29, 1.82) is 0 Å². The molecular formula is C18H23N3O3S. The van der Waals surface area contributed by atoms with Gasteiger partial charge >= 0.3 is 0 Å². The summed E-state index contributed by atoms with van der Waals surface area (Å²) in [6.07, 6.45) is 2.19. The van der Waals surface area contributed by atoms with Crippen LogP contribution in [0, 0.1) is 0 Å². The Hall–Kier alpha value is -2.41. The highest BCUT2D eigenvalue weighted by atomic mass is 32.2. The van der Waals surface area contributed by atoms with Crippen molar-refractivity contribution >= 4 is 21.6 Å². The quantitative estimate of drug-likeness (QED) is 0.818. The maximum atomic E-state index is 12.5. The first-order valence-electron chi connectivity index (χ1n) is 8.07. The summed E-state index contributed by atoms with van der Waals surface area (Å²) in [5.41, 5.74) is 1.02. The molecule has 25 heavy (non-hydrogen) atoms. The lowest BCUT2D eigenvalue weighted by atomic mass is 10.2. The van der Waals surface area contributed by atoms with Gasteiger partial charge in [-0.2, -0.15) is 0 Å². The maximum absolute atomic E-state index is 12.5. The van der Waals surface area contributed by atoms with Crippen LogP contribution >= 0.6 is 0 Å². The number of benzene rings is 1. The molecule has 6 nitrogen and oxygen atoms in total. The molecule has 1 aromatic carbocycles. The molecule has 0 aliphatic rings. The highest BCUT2D eigenvalue weighted by Gasteiger charge is 2.21. The van der Waals surface area contributed by atoms with Gasteiger partial charge in [-0.05, 0) is 30.2 Å². The fraction of sp³-hybridized carbons (Fsp3) is 0.333. The van der Waals surface area contributed by atoms with Crippen molar-refractivity contribution in [2.24, 2.45) is 0 Å². The standard InChI is InChI=1S/C18H23N3O3S/c1-4-11-25(23,24)16-8-6-5-7-15(16)18(22)20-13-14-9-10-17(19-12-14)21(2)3/h5-10,12H,4,11,13H2,1-3H3,(H,20,22). The van der Waals surface area contributed by atoms with Gasteiger partial charge in [0, 0.05) is 26.8 Å². The molecule has 0 aliphatic heterocycles. The van der Waals surface area contributed by atoms with E-state index < -0.39 is 15.7 Å². The molecule has 0 saturated carbocycles. The number of carbonyl (C=O) groups is 1. The minimum absolute atomic E-state index is 0.0210. The van der Waals surface area contributed by atoms with Crippen LogP contribution in [0.1, 0.15) is 29.3 Å². The van der Waals surface area contributed by atoms with Crippen LogP contribution in [0.4, 0.5) is 5.82 Å². The number of carbonyl (C=O) groups excluding carboxylic acids is 1. The van der Waals surface area contributed by atoms with E-state index >= 15 is 0 Å². The van der Waals surface area contributed by atoms with E-state index in [2.05, 4.69) is 10.3 Å². The number of nitrogens with zero attached hydrogens (tertiary/aromatic N) is 2. The van der Waals surface area contributed by atoms with Crippen LogP contribution in [-0.2, 0) is 16.4 Å². The van der Waals surface area contributed by atoms with Crippen molar-refractivity contribution in [2.45, 2.75) is 24.8 Å². The van der Waals surface area contributed by atoms with E-state index in [0.717, 1.165) is 11.4 Å². The SMILES string of the molecule is CCCS(=O)(=O)c1ccccc1C(=O)NCc1ccc(N(C)C)nc1. The van der Waals surface area contributed by atoms with Crippen LogP contribution < -0.4 is 10.2 Å². The second-order valence-electron chi connectivity index (χ2n) is 5.92. The average molecular weight is 361 g/mol. The number of pyridine rings is 1. The van der Waals surface area contributed by atoms with Crippen molar-refractivity contribution in [2.75, 3.05) is 24.7 Å². The van der Waals surface area contributed by atoms with Crippen LogP contribution in [0.5, 0.6) is 0 Å². The van der Waals surface area contributed by atoms with E-state index in [0.29, 0.717) is 6.42 Å². The topological polar surface area (TPSA) is 79.4 Å². The van der Waals surface area contributed by atoms with Gasteiger partial charge in [-0.3, -0.25) is 4.79 Å². The van der Waals surface area contributed by atoms with Crippen molar-refractivity contribution in [3.05, 3.63) is 53.7 Å². The Morgan fingerprint density at radius 1 is 1.16 bits per heavy atom.